The summed E-state index contributed by atoms with van der Waals surface area (Å²) in [5.74, 6) is -0.149. The molecule has 0 saturated carbocycles. The first kappa shape index (κ1) is 16.1. The van der Waals surface area contributed by atoms with Crippen LogP contribution in [0.1, 0.15) is 5.56 Å². The maximum absolute atomic E-state index is 12.6. The monoisotopic (exact) mass is 385 g/mol. The van der Waals surface area contributed by atoms with E-state index >= 15 is 0 Å². The van der Waals surface area contributed by atoms with Gasteiger partial charge in [-0.15, -0.1) is 0 Å². The minimum Gasteiger partial charge on any atom is -0.507 e. The minimum atomic E-state index is -0.266. The molecule has 4 rings (SSSR count). The summed E-state index contributed by atoms with van der Waals surface area (Å²) in [6.07, 6.45) is 1.63. The fourth-order valence-corrected chi connectivity index (χ4v) is 4.36. The molecule has 1 saturated heterocycles. The number of amides is 1. The molecule has 8 heteroatoms. The highest BCUT2D eigenvalue weighted by atomic mass is 32.2. The van der Waals surface area contributed by atoms with Crippen molar-refractivity contribution in [2.45, 2.75) is 0 Å². The molecular formula is C17H11N3O2S3. The van der Waals surface area contributed by atoms with E-state index in [9.17, 15) is 9.90 Å². The van der Waals surface area contributed by atoms with E-state index in [0.29, 0.717) is 19.9 Å². The second-order valence-electron chi connectivity index (χ2n) is 5.17. The summed E-state index contributed by atoms with van der Waals surface area (Å²) in [4.78, 5) is 17.5. The van der Waals surface area contributed by atoms with E-state index in [2.05, 4.69) is 10.4 Å². The Hall–Kier alpha value is -2.42. The number of thiazole rings is 1. The Bertz CT molecular complexity index is 996. The molecule has 0 aliphatic carbocycles. The van der Waals surface area contributed by atoms with E-state index < -0.39 is 0 Å². The number of benzene rings is 2. The number of nitrogens with zero attached hydrogens (tertiary/aromatic N) is 2. The quantitative estimate of drug-likeness (QED) is 0.520. The first-order valence-corrected chi connectivity index (χ1v) is 9.34. The Morgan fingerprint density at radius 2 is 1.92 bits per heavy atom. The van der Waals surface area contributed by atoms with Crippen LogP contribution in [0.15, 0.2) is 53.4 Å². The molecule has 0 unspecified atom stereocenters. The maximum atomic E-state index is 12.6. The fraction of sp³-hybridized carbons (Fsp3) is 0. The molecule has 1 aliphatic heterocycles. The molecule has 124 valence electrons. The number of hydrazine groups is 1. The molecule has 0 atom stereocenters. The second kappa shape index (κ2) is 6.47. The van der Waals surface area contributed by atoms with Crippen molar-refractivity contribution in [1.82, 2.24) is 9.99 Å². The van der Waals surface area contributed by atoms with Gasteiger partial charge in [-0.3, -0.25) is 10.2 Å². The van der Waals surface area contributed by atoms with Gasteiger partial charge >= 0.3 is 0 Å². The number of hydrogen-bond acceptors (Lipinski definition) is 7. The van der Waals surface area contributed by atoms with E-state index in [-0.39, 0.29) is 11.7 Å². The lowest BCUT2D eigenvalue weighted by Crippen LogP contribution is -2.33. The SMILES string of the molecule is O=C1/C(=C/c2ccccc2O)SC(=S)N1Nc1nc2ccccc2s1. The molecule has 0 bridgehead atoms. The summed E-state index contributed by atoms with van der Waals surface area (Å²) in [7, 11) is 0. The first-order valence-electron chi connectivity index (χ1n) is 7.30. The predicted molar refractivity (Wildman–Crippen MR) is 106 cm³/mol. The molecule has 5 nitrogen and oxygen atoms in total. The number of carbonyl (C=O) groups excluding carboxylic acids is 1. The number of phenolic OH excluding ortho intramolecular Hbond substituents is 1. The summed E-state index contributed by atoms with van der Waals surface area (Å²) >= 11 is 7.94. The number of rotatable bonds is 3. The number of anilines is 1. The molecule has 1 fully saturated rings. The summed E-state index contributed by atoms with van der Waals surface area (Å²) in [5, 5.41) is 11.8. The molecule has 0 spiro atoms. The molecule has 2 aromatic carbocycles. The van der Waals surface area contributed by atoms with Gasteiger partial charge in [-0.05, 0) is 36.5 Å². The summed E-state index contributed by atoms with van der Waals surface area (Å²) in [5.41, 5.74) is 4.42. The van der Waals surface area contributed by atoms with Crippen LogP contribution in [-0.4, -0.2) is 25.3 Å². The van der Waals surface area contributed by atoms with Crippen LogP contribution in [-0.2, 0) is 4.79 Å². The average Bonchev–Trinajstić information content (AvgIpc) is 3.13. The van der Waals surface area contributed by atoms with Crippen LogP contribution >= 0.6 is 35.3 Å². The number of thiocarbonyl (C=S) groups is 1. The van der Waals surface area contributed by atoms with Gasteiger partial charge in [-0.2, -0.15) is 5.01 Å². The van der Waals surface area contributed by atoms with E-state index in [1.54, 1.807) is 30.3 Å². The van der Waals surface area contributed by atoms with Crippen molar-refractivity contribution in [3.8, 4) is 5.75 Å². The smallest absolute Gasteiger partial charge is 0.285 e. The third-order valence-corrected chi connectivity index (χ3v) is 5.76. The van der Waals surface area contributed by atoms with Crippen molar-refractivity contribution in [1.29, 1.82) is 0 Å². The number of nitrogens with one attached hydrogen (secondary N) is 1. The molecule has 1 aliphatic rings. The summed E-state index contributed by atoms with van der Waals surface area (Å²) in [6, 6.07) is 14.6. The first-order chi connectivity index (χ1) is 12.1. The van der Waals surface area contributed by atoms with Crippen molar-refractivity contribution in [3.05, 3.63) is 59.0 Å². The van der Waals surface area contributed by atoms with Crippen molar-refractivity contribution in [2.24, 2.45) is 0 Å². The fourth-order valence-electron chi connectivity index (χ4n) is 2.33. The molecule has 2 heterocycles. The van der Waals surface area contributed by atoms with Crippen molar-refractivity contribution in [2.75, 3.05) is 5.43 Å². The zero-order chi connectivity index (χ0) is 17.4. The number of fused-ring (bicyclic) bond motifs is 1. The third kappa shape index (κ3) is 3.11. The van der Waals surface area contributed by atoms with Crippen LogP contribution in [0.2, 0.25) is 0 Å². The van der Waals surface area contributed by atoms with Crippen LogP contribution in [0.3, 0.4) is 0 Å². The van der Waals surface area contributed by atoms with Crippen LogP contribution in [0, 0.1) is 0 Å². The van der Waals surface area contributed by atoms with Gasteiger partial charge in [0.15, 0.2) is 4.32 Å². The Balaban J connectivity index is 1.60. The van der Waals surface area contributed by atoms with Gasteiger partial charge in [0, 0.05) is 5.56 Å². The Kier molecular flexibility index (Phi) is 4.16. The maximum Gasteiger partial charge on any atom is 0.285 e. The molecule has 25 heavy (non-hydrogen) atoms. The van der Waals surface area contributed by atoms with Crippen LogP contribution in [0.4, 0.5) is 5.13 Å². The molecule has 1 aromatic heterocycles. The van der Waals surface area contributed by atoms with Gasteiger partial charge in [-0.1, -0.05) is 53.4 Å². The normalized spacial score (nSPS) is 16.2. The number of hydrogen-bond donors (Lipinski definition) is 2. The summed E-state index contributed by atoms with van der Waals surface area (Å²) < 4.78 is 1.42. The lowest BCUT2D eigenvalue weighted by atomic mass is 10.2. The van der Waals surface area contributed by atoms with Crippen LogP contribution in [0.5, 0.6) is 5.75 Å². The van der Waals surface area contributed by atoms with Gasteiger partial charge in [0.25, 0.3) is 5.91 Å². The Morgan fingerprint density at radius 1 is 1.16 bits per heavy atom. The second-order valence-corrected chi connectivity index (χ2v) is 7.88. The number of phenols is 1. The predicted octanol–water partition coefficient (Wildman–Crippen LogP) is 4.23. The van der Waals surface area contributed by atoms with Crippen LogP contribution < -0.4 is 5.43 Å². The van der Waals surface area contributed by atoms with Gasteiger partial charge in [0.1, 0.15) is 5.75 Å². The topological polar surface area (TPSA) is 65.5 Å². The lowest BCUT2D eigenvalue weighted by molar-refractivity contribution is -0.121. The number of aromatic hydroxyl groups is 1. The van der Waals surface area contributed by atoms with Crippen LogP contribution in [0.25, 0.3) is 16.3 Å². The largest absolute Gasteiger partial charge is 0.507 e. The molecule has 0 radical (unpaired) electrons. The average molecular weight is 385 g/mol. The molecule has 2 N–H and O–H groups in total. The standard InChI is InChI=1S/C17H11N3O2S3/c21-12-7-3-1-5-10(12)9-14-15(22)20(17(23)25-14)19-16-18-11-6-2-4-8-13(11)24-16/h1-9,21H,(H,18,19)/b14-9-. The van der Waals surface area contributed by atoms with Gasteiger partial charge < -0.3 is 5.11 Å². The third-order valence-electron chi connectivity index (χ3n) is 3.52. The van der Waals surface area contributed by atoms with Gasteiger partial charge in [0.05, 0.1) is 15.1 Å². The van der Waals surface area contributed by atoms with E-state index in [1.165, 1.54) is 28.1 Å². The highest BCUT2D eigenvalue weighted by Crippen LogP contribution is 2.35. The molecule has 1 amide bonds. The number of thioether (sulfide) groups is 1. The van der Waals surface area contributed by atoms with Crippen molar-refractivity contribution in [3.63, 3.8) is 0 Å². The number of aromatic nitrogens is 1. The zero-order valence-electron chi connectivity index (χ0n) is 12.7. The highest BCUT2D eigenvalue weighted by molar-refractivity contribution is 8.26. The van der Waals surface area contributed by atoms with E-state index in [0.717, 1.165) is 10.2 Å². The van der Waals surface area contributed by atoms with E-state index in [4.69, 9.17) is 12.2 Å². The molecule has 3 aromatic rings. The van der Waals surface area contributed by atoms with Crippen molar-refractivity contribution < 1.29 is 9.90 Å². The zero-order valence-corrected chi connectivity index (χ0v) is 15.1. The summed E-state index contributed by atoms with van der Waals surface area (Å²) in [6.45, 7) is 0. The van der Waals surface area contributed by atoms with Gasteiger partial charge in [0.2, 0.25) is 5.13 Å². The van der Waals surface area contributed by atoms with Crippen molar-refractivity contribution >= 4 is 67.0 Å². The molecular weight excluding hydrogens is 374 g/mol. The Morgan fingerprint density at radius 3 is 2.72 bits per heavy atom. The van der Waals surface area contributed by atoms with Gasteiger partial charge in [-0.25, -0.2) is 4.98 Å². The number of para-hydroxylation sites is 2. The lowest BCUT2D eigenvalue weighted by Gasteiger charge is -2.14. The highest BCUT2D eigenvalue weighted by Gasteiger charge is 2.33. The number of carbonyl (C=O) groups is 1. The minimum absolute atomic E-state index is 0.118. The van der Waals surface area contributed by atoms with E-state index in [1.807, 2.05) is 24.3 Å². The Labute approximate surface area is 157 Å².